The lowest BCUT2D eigenvalue weighted by molar-refractivity contribution is 0.0591. The normalized spacial score (nSPS) is 19.7. The second kappa shape index (κ2) is 9.70. The van der Waals surface area contributed by atoms with Crippen molar-refractivity contribution in [3.8, 4) is 0 Å². The highest BCUT2D eigenvalue weighted by Gasteiger charge is 2.33. The third kappa shape index (κ3) is 5.04. The van der Waals surface area contributed by atoms with Crippen LogP contribution in [0.1, 0.15) is 41.3 Å². The zero-order valence-electron chi connectivity index (χ0n) is 17.3. The second-order valence-corrected chi connectivity index (χ2v) is 7.86. The minimum atomic E-state index is -0.879. The predicted octanol–water partition coefficient (Wildman–Crippen LogP) is 4.17. The number of benzene rings is 2. The number of nitrogens with zero attached hydrogens (tertiary/aromatic N) is 2. The lowest BCUT2D eigenvalue weighted by Crippen LogP contribution is -2.53. The summed E-state index contributed by atoms with van der Waals surface area (Å²) < 4.78 is 0. The van der Waals surface area contributed by atoms with Gasteiger partial charge in [0.1, 0.15) is 0 Å². The van der Waals surface area contributed by atoms with Gasteiger partial charge in [-0.15, -0.1) is 0 Å². The van der Waals surface area contributed by atoms with E-state index in [2.05, 4.69) is 11.8 Å². The Labute approximate surface area is 172 Å². The Bertz CT molecular complexity index is 837. The van der Waals surface area contributed by atoms with E-state index in [1.807, 2.05) is 61.6 Å². The maximum absolute atomic E-state index is 13.0. The Balaban J connectivity index is 1.79. The molecule has 5 heteroatoms. The topological polar surface area (TPSA) is 60.9 Å². The summed E-state index contributed by atoms with van der Waals surface area (Å²) in [7, 11) is 2.05. The second-order valence-electron chi connectivity index (χ2n) is 7.86. The highest BCUT2D eigenvalue weighted by molar-refractivity contribution is 6.09. The average molecular weight is 395 g/mol. The van der Waals surface area contributed by atoms with E-state index in [1.165, 1.54) is 0 Å². The summed E-state index contributed by atoms with van der Waals surface area (Å²) in [6, 6.07) is 16.7. The number of piperidine rings is 1. The maximum Gasteiger partial charge on any atom is 0.407 e. The van der Waals surface area contributed by atoms with Crippen molar-refractivity contribution in [2.75, 3.05) is 26.7 Å². The molecule has 0 spiro atoms. The molecule has 3 rings (SSSR count). The van der Waals surface area contributed by atoms with Crippen molar-refractivity contribution in [3.63, 3.8) is 0 Å². The van der Waals surface area contributed by atoms with Crippen LogP contribution in [0.25, 0.3) is 0 Å². The Hall–Kier alpha value is -2.66. The van der Waals surface area contributed by atoms with Gasteiger partial charge in [-0.1, -0.05) is 67.9 Å². The molecule has 5 nitrogen and oxygen atoms in total. The van der Waals surface area contributed by atoms with Gasteiger partial charge in [0.15, 0.2) is 5.78 Å². The van der Waals surface area contributed by atoms with Crippen LogP contribution in [0.2, 0.25) is 0 Å². The summed E-state index contributed by atoms with van der Waals surface area (Å²) in [4.78, 5) is 28.8. The first kappa shape index (κ1) is 21.1. The van der Waals surface area contributed by atoms with Crippen LogP contribution in [0.15, 0.2) is 54.6 Å². The van der Waals surface area contributed by atoms with E-state index in [-0.39, 0.29) is 11.8 Å². The highest BCUT2D eigenvalue weighted by Crippen LogP contribution is 2.25. The first-order valence-electron chi connectivity index (χ1n) is 10.4. The maximum atomic E-state index is 13.0. The van der Waals surface area contributed by atoms with Crippen molar-refractivity contribution >= 4 is 11.9 Å². The van der Waals surface area contributed by atoms with Crippen LogP contribution in [0.3, 0.4) is 0 Å². The summed E-state index contributed by atoms with van der Waals surface area (Å²) in [5, 5.41) is 9.90. The first-order chi connectivity index (χ1) is 14.0. The van der Waals surface area contributed by atoms with E-state index < -0.39 is 6.09 Å². The number of hydrogen-bond acceptors (Lipinski definition) is 3. The van der Waals surface area contributed by atoms with Crippen LogP contribution in [0, 0.1) is 5.92 Å². The molecule has 0 radical (unpaired) electrons. The van der Waals surface area contributed by atoms with E-state index in [4.69, 9.17) is 0 Å². The van der Waals surface area contributed by atoms with E-state index in [0.29, 0.717) is 30.0 Å². The summed E-state index contributed by atoms with van der Waals surface area (Å²) in [6.07, 6.45) is 1.64. The van der Waals surface area contributed by atoms with Crippen LogP contribution in [0.4, 0.5) is 4.79 Å². The summed E-state index contributed by atoms with van der Waals surface area (Å²) in [5.74, 6) is 0.357. The number of ketones is 1. The fourth-order valence-electron chi connectivity index (χ4n) is 4.32. The van der Waals surface area contributed by atoms with E-state index in [0.717, 1.165) is 31.5 Å². The van der Waals surface area contributed by atoms with Gasteiger partial charge in [-0.3, -0.25) is 4.79 Å². The Morgan fingerprint density at radius 3 is 2.48 bits per heavy atom. The first-order valence-corrected chi connectivity index (χ1v) is 10.4. The number of rotatable bonds is 7. The zero-order chi connectivity index (χ0) is 20.8. The predicted molar refractivity (Wildman–Crippen MR) is 114 cm³/mol. The Morgan fingerprint density at radius 1 is 1.10 bits per heavy atom. The molecule has 1 heterocycles. The monoisotopic (exact) mass is 394 g/mol. The Kier molecular flexibility index (Phi) is 7.04. The summed E-state index contributed by atoms with van der Waals surface area (Å²) in [5.41, 5.74) is 2.19. The fourth-order valence-corrected chi connectivity index (χ4v) is 4.32. The van der Waals surface area contributed by atoms with Crippen LogP contribution < -0.4 is 0 Å². The van der Waals surface area contributed by atoms with Crippen LogP contribution in [0.5, 0.6) is 0 Å². The number of amides is 1. The van der Waals surface area contributed by atoms with Gasteiger partial charge < -0.3 is 14.9 Å². The molecule has 0 aromatic heterocycles. The number of hydrogen-bond donors (Lipinski definition) is 1. The minimum absolute atomic E-state index is 0.00626. The van der Waals surface area contributed by atoms with Gasteiger partial charge in [0.25, 0.3) is 0 Å². The summed E-state index contributed by atoms with van der Waals surface area (Å²) in [6.45, 7) is 4.30. The van der Waals surface area contributed by atoms with Gasteiger partial charge in [0.2, 0.25) is 0 Å². The van der Waals surface area contributed by atoms with Crippen LogP contribution >= 0.6 is 0 Å². The molecule has 1 saturated heterocycles. The molecule has 1 aliphatic heterocycles. The zero-order valence-corrected chi connectivity index (χ0v) is 17.3. The Morgan fingerprint density at radius 2 is 1.79 bits per heavy atom. The third-order valence-corrected chi connectivity index (χ3v) is 6.01. The van der Waals surface area contributed by atoms with Gasteiger partial charge in [0, 0.05) is 24.2 Å². The SMILES string of the molecule is CCC1CCN(C)C[C@@H]1N(CCc1ccccc1C(=O)c1ccccc1)C(=O)O. The lowest BCUT2D eigenvalue weighted by atomic mass is 9.88. The lowest BCUT2D eigenvalue weighted by Gasteiger charge is -2.42. The van der Waals surface area contributed by atoms with Gasteiger partial charge in [-0.25, -0.2) is 4.79 Å². The number of carbonyl (C=O) groups is 2. The number of carboxylic acid groups (broad SMARTS) is 1. The molecule has 1 N–H and O–H groups in total. The van der Waals surface area contributed by atoms with Crippen LogP contribution in [-0.4, -0.2) is 59.5 Å². The molecule has 1 unspecified atom stereocenters. The molecule has 1 aliphatic rings. The van der Waals surface area contributed by atoms with E-state index in [9.17, 15) is 14.7 Å². The largest absolute Gasteiger partial charge is 0.465 e. The molecule has 1 amide bonds. The third-order valence-electron chi connectivity index (χ3n) is 6.01. The fraction of sp³-hybridized carbons (Fsp3) is 0.417. The van der Waals surface area contributed by atoms with Gasteiger partial charge in [-0.2, -0.15) is 0 Å². The van der Waals surface area contributed by atoms with Gasteiger partial charge in [-0.05, 0) is 37.9 Å². The minimum Gasteiger partial charge on any atom is -0.465 e. The molecule has 0 saturated carbocycles. The molecule has 29 heavy (non-hydrogen) atoms. The molecule has 1 fully saturated rings. The van der Waals surface area contributed by atoms with Gasteiger partial charge in [0.05, 0.1) is 6.04 Å². The number of likely N-dealkylation sites (N-methyl/N-ethyl adjacent to an activating group) is 1. The highest BCUT2D eigenvalue weighted by atomic mass is 16.4. The van der Waals surface area contributed by atoms with E-state index >= 15 is 0 Å². The van der Waals surface area contributed by atoms with Crippen molar-refractivity contribution < 1.29 is 14.7 Å². The molecule has 2 atom stereocenters. The molecule has 0 aliphatic carbocycles. The average Bonchev–Trinajstić information content (AvgIpc) is 2.74. The van der Waals surface area contributed by atoms with E-state index in [1.54, 1.807) is 4.90 Å². The molecule has 154 valence electrons. The molecular formula is C24H30N2O3. The van der Waals surface area contributed by atoms with Gasteiger partial charge >= 0.3 is 6.09 Å². The number of carbonyl (C=O) groups excluding carboxylic acids is 1. The van der Waals surface area contributed by atoms with Crippen molar-refractivity contribution in [2.45, 2.75) is 32.2 Å². The number of likely N-dealkylation sites (tertiary alicyclic amines) is 1. The van der Waals surface area contributed by atoms with Crippen molar-refractivity contribution in [2.24, 2.45) is 5.92 Å². The van der Waals surface area contributed by atoms with Crippen molar-refractivity contribution in [1.82, 2.24) is 9.80 Å². The summed E-state index contributed by atoms with van der Waals surface area (Å²) >= 11 is 0. The molecular weight excluding hydrogens is 364 g/mol. The van der Waals surface area contributed by atoms with Crippen molar-refractivity contribution in [1.29, 1.82) is 0 Å². The van der Waals surface area contributed by atoms with Crippen molar-refractivity contribution in [3.05, 3.63) is 71.3 Å². The van der Waals surface area contributed by atoms with Crippen LogP contribution in [-0.2, 0) is 6.42 Å². The quantitative estimate of drug-likeness (QED) is 0.716. The standard InChI is InChI=1S/C24H30N2O3/c1-3-18-13-15-25(2)17-22(18)26(24(28)29)16-14-19-9-7-8-12-21(19)23(27)20-10-5-4-6-11-20/h4-12,18,22H,3,13-17H2,1-2H3,(H,28,29)/t18?,22-/m0/s1. The smallest absolute Gasteiger partial charge is 0.407 e. The molecule has 2 aromatic carbocycles. The molecule has 0 bridgehead atoms. The molecule has 2 aromatic rings.